The molecule has 0 saturated carbocycles. The molecular weight excluding hydrogens is 84.0 g/mol. The maximum Gasteiger partial charge on any atom is 0.380 e. The first kappa shape index (κ1) is 4.05. The summed E-state index contributed by atoms with van der Waals surface area (Å²) in [6.45, 7) is 3.34. The Labute approximate surface area is 35.7 Å². The second kappa shape index (κ2) is 0.753. The zero-order valence-corrected chi connectivity index (χ0v) is 3.72. The maximum absolute atomic E-state index is 9.82. The van der Waals surface area contributed by atoms with Crippen LogP contribution >= 0.6 is 0 Å². The highest BCUT2D eigenvalue weighted by atomic mass is 17.7. The van der Waals surface area contributed by atoms with Crippen LogP contribution in [0.1, 0.15) is 13.8 Å². The Morgan fingerprint density at radius 1 is 1.67 bits per heavy atom. The number of hydrogen-bond acceptors (Lipinski definition) is 2. The largest absolute Gasteiger partial charge is 0.483 e. The van der Waals surface area contributed by atoms with Gasteiger partial charge in [0.25, 0.3) is 0 Å². The van der Waals surface area contributed by atoms with E-state index in [9.17, 15) is 5.26 Å². The van der Waals surface area contributed by atoms with Gasteiger partial charge in [-0.1, -0.05) is 0 Å². The molecule has 0 aliphatic carbocycles. The van der Waals surface area contributed by atoms with E-state index in [0.717, 1.165) is 0 Å². The van der Waals surface area contributed by atoms with Crippen LogP contribution in [-0.4, -0.2) is 5.79 Å². The van der Waals surface area contributed by atoms with Crippen molar-refractivity contribution < 1.29 is 14.8 Å². The first-order chi connectivity index (χ1) is 2.63. The average Bonchev–Trinajstić information content (AvgIpc) is 1.73. The Balaban J connectivity index is 2.41. The molecule has 1 fully saturated rings. The first-order valence-corrected chi connectivity index (χ1v) is 1.74. The highest BCUT2D eigenvalue weighted by molar-refractivity contribution is 4.56. The van der Waals surface area contributed by atoms with Crippen molar-refractivity contribution in [1.29, 1.82) is 0 Å². The van der Waals surface area contributed by atoms with E-state index < -0.39 is 5.79 Å². The SMILES string of the molecule is CC1(C)O[O+]1[O-]. The third-order valence-corrected chi connectivity index (χ3v) is 0.651. The summed E-state index contributed by atoms with van der Waals surface area (Å²) in [5.41, 5.74) is 0. The fourth-order valence-electron chi connectivity index (χ4n) is 0.165. The molecule has 0 spiro atoms. The minimum Gasteiger partial charge on any atom is -0.483 e. The first-order valence-electron chi connectivity index (χ1n) is 1.74. The standard InChI is InChI=1S/C3H6O3/c1-3(2)5-6(3)4/h1-2H3. The van der Waals surface area contributed by atoms with E-state index in [0.29, 0.717) is 0 Å². The molecule has 0 amide bonds. The van der Waals surface area contributed by atoms with Crippen molar-refractivity contribution >= 4 is 0 Å². The summed E-state index contributed by atoms with van der Waals surface area (Å²) in [6.07, 6.45) is 0. The van der Waals surface area contributed by atoms with Gasteiger partial charge in [0, 0.05) is 0 Å². The summed E-state index contributed by atoms with van der Waals surface area (Å²) >= 11 is 0. The van der Waals surface area contributed by atoms with Gasteiger partial charge < -0.3 is 5.26 Å². The fourth-order valence-corrected chi connectivity index (χ4v) is 0.165. The Kier molecular flexibility index (Phi) is 0.508. The lowest BCUT2D eigenvalue weighted by Gasteiger charge is -1.83. The molecule has 0 bridgehead atoms. The quantitative estimate of drug-likeness (QED) is 0.228. The molecule has 36 valence electrons. The molecule has 1 rings (SSSR count). The van der Waals surface area contributed by atoms with Gasteiger partial charge in [-0.25, -0.2) is 4.67 Å². The second-order valence-corrected chi connectivity index (χ2v) is 1.72. The van der Waals surface area contributed by atoms with Crippen molar-refractivity contribution in [3.63, 3.8) is 0 Å². The Bertz CT molecular complexity index is 68.4. The van der Waals surface area contributed by atoms with Gasteiger partial charge in [0.05, 0.1) is 13.8 Å². The minimum atomic E-state index is -0.597. The molecule has 0 aromatic rings. The van der Waals surface area contributed by atoms with Gasteiger partial charge in [0.15, 0.2) is 0 Å². The molecule has 1 saturated heterocycles. The summed E-state index contributed by atoms with van der Waals surface area (Å²) < 4.78 is 1.22. The molecule has 0 aromatic carbocycles. The lowest BCUT2D eigenvalue weighted by Crippen LogP contribution is -2.12. The van der Waals surface area contributed by atoms with E-state index in [1.165, 1.54) is 4.67 Å². The molecule has 0 N–H and O–H groups in total. The smallest absolute Gasteiger partial charge is 0.380 e. The van der Waals surface area contributed by atoms with E-state index in [1.54, 1.807) is 13.8 Å². The number of hydrogen-bond donors (Lipinski definition) is 0. The van der Waals surface area contributed by atoms with E-state index >= 15 is 0 Å². The van der Waals surface area contributed by atoms with E-state index in [-0.39, 0.29) is 0 Å². The monoisotopic (exact) mass is 90.0 g/mol. The molecule has 0 aromatic heterocycles. The van der Waals surface area contributed by atoms with Crippen LogP contribution in [0.25, 0.3) is 0 Å². The van der Waals surface area contributed by atoms with Crippen LogP contribution in [0.2, 0.25) is 0 Å². The van der Waals surface area contributed by atoms with Crippen molar-refractivity contribution in [2.45, 2.75) is 19.6 Å². The summed E-state index contributed by atoms with van der Waals surface area (Å²) in [7, 11) is 0. The predicted octanol–water partition coefficient (Wildman–Crippen LogP) is -0.505. The molecule has 1 aliphatic rings. The molecule has 6 heavy (non-hydrogen) atoms. The Morgan fingerprint density at radius 3 is 1.83 bits per heavy atom. The van der Waals surface area contributed by atoms with Crippen LogP contribution in [0, 0.1) is 0 Å². The molecule has 0 unspecified atom stereocenters. The molecular formula is C3H6O3. The summed E-state index contributed by atoms with van der Waals surface area (Å²) in [4.78, 5) is 4.30. The highest BCUT2D eigenvalue weighted by Crippen LogP contribution is 2.32. The Morgan fingerprint density at radius 2 is 1.83 bits per heavy atom. The van der Waals surface area contributed by atoms with Crippen molar-refractivity contribution in [1.82, 2.24) is 0 Å². The minimum absolute atomic E-state index is 0.597. The maximum atomic E-state index is 9.82. The van der Waals surface area contributed by atoms with Crippen molar-refractivity contribution in [3.05, 3.63) is 0 Å². The lowest BCUT2D eigenvalue weighted by molar-refractivity contribution is -0.795. The van der Waals surface area contributed by atoms with Crippen molar-refractivity contribution in [2.75, 3.05) is 0 Å². The topological polar surface area (TPSA) is 38.3 Å². The van der Waals surface area contributed by atoms with Crippen LogP contribution in [0.5, 0.6) is 0 Å². The van der Waals surface area contributed by atoms with Gasteiger partial charge in [-0.2, -0.15) is 0 Å². The third-order valence-electron chi connectivity index (χ3n) is 0.651. The van der Waals surface area contributed by atoms with Crippen LogP contribution < -0.4 is 5.26 Å². The second-order valence-electron chi connectivity index (χ2n) is 1.72. The summed E-state index contributed by atoms with van der Waals surface area (Å²) in [5, 5.41) is 9.82. The van der Waals surface area contributed by atoms with Gasteiger partial charge in [0.2, 0.25) is 0 Å². The van der Waals surface area contributed by atoms with E-state index in [2.05, 4.69) is 4.89 Å². The summed E-state index contributed by atoms with van der Waals surface area (Å²) in [6, 6.07) is 0. The van der Waals surface area contributed by atoms with Gasteiger partial charge in [-0.15, -0.1) is 0 Å². The van der Waals surface area contributed by atoms with Crippen LogP contribution in [0.4, 0.5) is 0 Å². The van der Waals surface area contributed by atoms with Crippen LogP contribution in [0.15, 0.2) is 0 Å². The normalized spacial score (nSPS) is 30.5. The van der Waals surface area contributed by atoms with Gasteiger partial charge in [-0.3, -0.25) is 0 Å². The molecule has 3 nitrogen and oxygen atoms in total. The molecule has 0 radical (unpaired) electrons. The Hall–Kier alpha value is -0.120. The van der Waals surface area contributed by atoms with Crippen LogP contribution in [-0.2, 0) is 9.56 Å². The van der Waals surface area contributed by atoms with E-state index in [1.807, 2.05) is 0 Å². The van der Waals surface area contributed by atoms with Gasteiger partial charge in [0.1, 0.15) is 0 Å². The molecule has 1 aliphatic heterocycles. The van der Waals surface area contributed by atoms with Gasteiger partial charge in [-0.05, 0) is 4.89 Å². The van der Waals surface area contributed by atoms with E-state index in [4.69, 9.17) is 0 Å². The highest BCUT2D eigenvalue weighted by Gasteiger charge is 2.54. The summed E-state index contributed by atoms with van der Waals surface area (Å²) in [5.74, 6) is -0.597. The molecule has 1 heterocycles. The van der Waals surface area contributed by atoms with Gasteiger partial charge >= 0.3 is 5.79 Å². The zero-order valence-electron chi connectivity index (χ0n) is 3.72. The van der Waals surface area contributed by atoms with Crippen molar-refractivity contribution in [3.8, 4) is 0 Å². The lowest BCUT2D eigenvalue weighted by atomic mass is 10.4. The predicted molar refractivity (Wildman–Crippen MR) is 16.2 cm³/mol. The fraction of sp³-hybridized carbons (Fsp3) is 1.00. The molecule has 3 heteroatoms. The third kappa shape index (κ3) is 0.408. The molecule has 0 atom stereocenters. The zero-order chi connectivity index (χ0) is 4.78. The van der Waals surface area contributed by atoms with Crippen LogP contribution in [0.3, 0.4) is 0 Å². The number of rotatable bonds is 0. The van der Waals surface area contributed by atoms with Crippen molar-refractivity contribution in [2.24, 2.45) is 0 Å². The average molecular weight is 90.1 g/mol.